The van der Waals surface area contributed by atoms with Crippen molar-refractivity contribution in [2.75, 3.05) is 5.32 Å². The normalized spacial score (nSPS) is 17.5. The molecule has 1 N–H and O–H groups in total. The van der Waals surface area contributed by atoms with Gasteiger partial charge >= 0.3 is 0 Å². The van der Waals surface area contributed by atoms with Crippen molar-refractivity contribution in [2.24, 2.45) is 0 Å². The molecule has 128 valence electrons. The van der Waals surface area contributed by atoms with Crippen LogP contribution in [0.1, 0.15) is 31.2 Å². The minimum absolute atomic E-state index is 0.0906. The molecule has 3 rings (SSSR count). The number of benzene rings is 1. The maximum atomic E-state index is 13.3. The number of aromatic nitrogens is 2. The molecule has 1 aromatic carbocycles. The van der Waals surface area contributed by atoms with Crippen LogP contribution in [-0.2, 0) is 6.61 Å². The summed E-state index contributed by atoms with van der Waals surface area (Å²) in [7, 11) is 0. The first-order chi connectivity index (χ1) is 11.5. The van der Waals surface area contributed by atoms with Gasteiger partial charge in [0.05, 0.1) is 0 Å². The number of hydrogen-bond acceptors (Lipinski definition) is 4. The fourth-order valence-corrected chi connectivity index (χ4v) is 2.87. The summed E-state index contributed by atoms with van der Waals surface area (Å²) in [5.41, 5.74) is 1.46. The Labute approximate surface area is 144 Å². The van der Waals surface area contributed by atoms with Crippen molar-refractivity contribution >= 4 is 17.3 Å². The monoisotopic (exact) mass is 353 g/mol. The van der Waals surface area contributed by atoms with Gasteiger partial charge in [-0.25, -0.2) is 13.8 Å². The third-order valence-corrected chi connectivity index (χ3v) is 4.34. The Morgan fingerprint density at radius 3 is 2.58 bits per heavy atom. The minimum atomic E-state index is -2.57. The average molecular weight is 354 g/mol. The second-order valence-corrected chi connectivity index (χ2v) is 6.25. The van der Waals surface area contributed by atoms with Crippen LogP contribution in [-0.4, -0.2) is 21.9 Å². The number of ether oxygens (including phenoxy) is 1. The van der Waals surface area contributed by atoms with Crippen LogP contribution in [0, 0.1) is 0 Å². The zero-order chi connectivity index (χ0) is 17.0. The first kappa shape index (κ1) is 16.9. The molecule has 2 aromatic rings. The van der Waals surface area contributed by atoms with E-state index in [0.29, 0.717) is 31.0 Å². The minimum Gasteiger partial charge on any atom is -0.471 e. The fourth-order valence-electron chi connectivity index (χ4n) is 2.69. The van der Waals surface area contributed by atoms with Crippen LogP contribution in [0.5, 0.6) is 5.88 Å². The molecule has 1 heterocycles. The summed E-state index contributed by atoms with van der Waals surface area (Å²) < 4.78 is 32.3. The van der Waals surface area contributed by atoms with Gasteiger partial charge in [-0.1, -0.05) is 41.9 Å². The van der Waals surface area contributed by atoms with Crippen molar-refractivity contribution in [2.45, 2.75) is 44.3 Å². The molecule has 1 aliphatic rings. The van der Waals surface area contributed by atoms with Gasteiger partial charge in [0.2, 0.25) is 11.8 Å². The second-order valence-electron chi connectivity index (χ2n) is 5.89. The van der Waals surface area contributed by atoms with Gasteiger partial charge in [0.15, 0.2) is 5.15 Å². The van der Waals surface area contributed by atoms with Gasteiger partial charge in [-0.3, -0.25) is 0 Å². The van der Waals surface area contributed by atoms with Gasteiger partial charge in [0.25, 0.3) is 0 Å². The standard InChI is InChI=1S/C17H18ClF2N3O/c18-15-14(23-13-6-8-17(19,20)9-7-13)16(22-11-21-15)24-10-12-4-2-1-3-5-12/h1-5,11,13,23H,6-10H2. The largest absolute Gasteiger partial charge is 0.471 e. The van der Waals surface area contributed by atoms with Crippen molar-refractivity contribution in [3.8, 4) is 5.88 Å². The van der Waals surface area contributed by atoms with E-state index in [0.717, 1.165) is 5.56 Å². The van der Waals surface area contributed by atoms with Gasteiger partial charge in [-0.05, 0) is 18.4 Å². The van der Waals surface area contributed by atoms with Gasteiger partial charge in [0, 0.05) is 18.9 Å². The molecule has 1 aliphatic carbocycles. The Kier molecular flexibility index (Phi) is 5.14. The summed E-state index contributed by atoms with van der Waals surface area (Å²) in [4.78, 5) is 8.07. The van der Waals surface area contributed by atoms with Crippen molar-refractivity contribution in [3.63, 3.8) is 0 Å². The smallest absolute Gasteiger partial charge is 0.248 e. The third-order valence-electron chi connectivity index (χ3n) is 4.05. The predicted molar refractivity (Wildman–Crippen MR) is 88.6 cm³/mol. The zero-order valence-corrected chi connectivity index (χ0v) is 13.8. The number of nitrogens with one attached hydrogen (secondary N) is 1. The quantitative estimate of drug-likeness (QED) is 0.791. The van der Waals surface area contributed by atoms with E-state index < -0.39 is 5.92 Å². The van der Waals surface area contributed by atoms with Crippen molar-refractivity contribution < 1.29 is 13.5 Å². The summed E-state index contributed by atoms with van der Waals surface area (Å²) in [6.07, 6.45) is 1.81. The summed E-state index contributed by atoms with van der Waals surface area (Å²) >= 11 is 6.14. The molecule has 0 saturated heterocycles. The molecule has 4 nitrogen and oxygen atoms in total. The Morgan fingerprint density at radius 1 is 1.17 bits per heavy atom. The lowest BCUT2D eigenvalue weighted by Gasteiger charge is -2.29. The van der Waals surface area contributed by atoms with E-state index in [1.54, 1.807) is 0 Å². The van der Waals surface area contributed by atoms with Crippen LogP contribution in [0.25, 0.3) is 0 Å². The highest BCUT2D eigenvalue weighted by atomic mass is 35.5. The first-order valence-corrected chi connectivity index (χ1v) is 8.23. The molecule has 0 spiro atoms. The number of rotatable bonds is 5. The Balaban J connectivity index is 1.68. The zero-order valence-electron chi connectivity index (χ0n) is 13.0. The summed E-state index contributed by atoms with van der Waals surface area (Å²) in [6, 6.07) is 9.57. The molecular weight excluding hydrogens is 336 g/mol. The SMILES string of the molecule is FC1(F)CCC(Nc2c(Cl)ncnc2OCc2ccccc2)CC1. The van der Waals surface area contributed by atoms with Crippen LogP contribution in [0.15, 0.2) is 36.7 Å². The highest BCUT2D eigenvalue weighted by Crippen LogP contribution is 2.36. The lowest BCUT2D eigenvalue weighted by Crippen LogP contribution is -2.32. The van der Waals surface area contributed by atoms with Gasteiger partial charge in [0.1, 0.15) is 18.6 Å². The van der Waals surface area contributed by atoms with E-state index in [-0.39, 0.29) is 24.0 Å². The number of nitrogens with zero attached hydrogens (tertiary/aromatic N) is 2. The van der Waals surface area contributed by atoms with Crippen molar-refractivity contribution in [3.05, 3.63) is 47.4 Å². The predicted octanol–water partition coefficient (Wildman–Crippen LogP) is 4.70. The summed E-state index contributed by atoms with van der Waals surface area (Å²) in [5, 5.41) is 3.40. The molecule has 1 aromatic heterocycles. The lowest BCUT2D eigenvalue weighted by atomic mass is 9.92. The first-order valence-electron chi connectivity index (χ1n) is 7.85. The van der Waals surface area contributed by atoms with Gasteiger partial charge < -0.3 is 10.1 Å². The molecule has 7 heteroatoms. The van der Waals surface area contributed by atoms with Crippen LogP contribution < -0.4 is 10.1 Å². The highest BCUT2D eigenvalue weighted by molar-refractivity contribution is 6.32. The van der Waals surface area contributed by atoms with Crippen LogP contribution in [0.2, 0.25) is 5.15 Å². The molecule has 0 bridgehead atoms. The molecule has 0 atom stereocenters. The maximum Gasteiger partial charge on any atom is 0.248 e. The van der Waals surface area contributed by atoms with Crippen molar-refractivity contribution in [1.82, 2.24) is 9.97 Å². The lowest BCUT2D eigenvalue weighted by molar-refractivity contribution is -0.0361. The van der Waals surface area contributed by atoms with Crippen LogP contribution in [0.4, 0.5) is 14.5 Å². The van der Waals surface area contributed by atoms with Gasteiger partial charge in [-0.2, -0.15) is 4.98 Å². The maximum absolute atomic E-state index is 13.3. The average Bonchev–Trinajstić information content (AvgIpc) is 2.58. The second kappa shape index (κ2) is 7.30. The van der Waals surface area contributed by atoms with E-state index in [9.17, 15) is 8.78 Å². The molecular formula is C17H18ClF2N3O. The number of alkyl halides is 2. The number of hydrogen-bond donors (Lipinski definition) is 1. The van der Waals surface area contributed by atoms with Crippen molar-refractivity contribution in [1.29, 1.82) is 0 Å². The molecule has 1 fully saturated rings. The van der Waals surface area contributed by atoms with Crippen LogP contribution in [0.3, 0.4) is 0 Å². The third kappa shape index (κ3) is 4.32. The topological polar surface area (TPSA) is 47.0 Å². The van der Waals surface area contributed by atoms with E-state index in [1.807, 2.05) is 30.3 Å². The van der Waals surface area contributed by atoms with E-state index >= 15 is 0 Å². The molecule has 0 aliphatic heterocycles. The summed E-state index contributed by atoms with van der Waals surface area (Å²) in [6.45, 7) is 0.339. The summed E-state index contributed by atoms with van der Waals surface area (Å²) in [5.74, 6) is -2.24. The fraction of sp³-hybridized carbons (Fsp3) is 0.412. The molecule has 1 saturated carbocycles. The Bertz CT molecular complexity index is 675. The molecule has 0 radical (unpaired) electrons. The Morgan fingerprint density at radius 2 is 1.88 bits per heavy atom. The Hall–Kier alpha value is -1.95. The van der Waals surface area contributed by atoms with E-state index in [4.69, 9.17) is 16.3 Å². The van der Waals surface area contributed by atoms with Gasteiger partial charge in [-0.15, -0.1) is 0 Å². The number of anilines is 1. The van der Waals surface area contributed by atoms with E-state index in [1.165, 1.54) is 6.33 Å². The molecule has 24 heavy (non-hydrogen) atoms. The van der Waals surface area contributed by atoms with Crippen LogP contribution >= 0.6 is 11.6 Å². The molecule has 0 amide bonds. The highest BCUT2D eigenvalue weighted by Gasteiger charge is 2.35. The molecule has 0 unspecified atom stereocenters. The number of halogens is 3. The van der Waals surface area contributed by atoms with E-state index in [2.05, 4.69) is 15.3 Å².